The highest BCUT2D eigenvalue weighted by atomic mass is 32.2. The van der Waals surface area contributed by atoms with E-state index < -0.39 is 10.0 Å². The van der Waals surface area contributed by atoms with E-state index >= 15 is 0 Å². The third-order valence-electron chi connectivity index (χ3n) is 4.67. The molecule has 3 aromatic rings. The highest BCUT2D eigenvalue weighted by Crippen LogP contribution is 2.26. The first kappa shape index (κ1) is 20.7. The Morgan fingerprint density at radius 3 is 2.48 bits per heavy atom. The molecule has 0 saturated carbocycles. The minimum absolute atomic E-state index is 0.187. The third-order valence-corrected chi connectivity index (χ3v) is 6.45. The average molecular weight is 413 g/mol. The molecule has 1 amide bonds. The van der Waals surface area contributed by atoms with Crippen LogP contribution in [-0.2, 0) is 16.4 Å². The Labute approximate surface area is 171 Å². The fourth-order valence-corrected chi connectivity index (χ4v) is 4.33. The quantitative estimate of drug-likeness (QED) is 0.571. The van der Waals surface area contributed by atoms with Gasteiger partial charge in [-0.1, -0.05) is 18.2 Å². The second-order valence-electron chi connectivity index (χ2n) is 6.73. The summed E-state index contributed by atoms with van der Waals surface area (Å²) in [6, 6.07) is 17.0. The monoisotopic (exact) mass is 412 g/mol. The van der Waals surface area contributed by atoms with Crippen molar-refractivity contribution in [2.45, 2.75) is 24.7 Å². The van der Waals surface area contributed by atoms with Gasteiger partial charge in [-0.25, -0.2) is 8.42 Å². The van der Waals surface area contributed by atoms with Crippen LogP contribution in [0.3, 0.4) is 0 Å². The fraction of sp³-hybridized carbons (Fsp3) is 0.227. The molecule has 7 heteroatoms. The first-order chi connectivity index (χ1) is 13.9. The first-order valence-electron chi connectivity index (χ1n) is 9.35. The lowest BCUT2D eigenvalue weighted by atomic mass is 10.1. The van der Waals surface area contributed by atoms with Crippen LogP contribution in [0.5, 0.6) is 0 Å². The van der Waals surface area contributed by atoms with Crippen molar-refractivity contribution in [3.05, 3.63) is 83.8 Å². The Hall–Kier alpha value is -3.06. The van der Waals surface area contributed by atoms with E-state index in [-0.39, 0.29) is 10.8 Å². The Bertz CT molecular complexity index is 1060. The minimum atomic E-state index is -3.66. The third kappa shape index (κ3) is 4.86. The van der Waals surface area contributed by atoms with Crippen LogP contribution in [-0.4, -0.2) is 27.9 Å². The number of aryl methyl sites for hydroxylation is 2. The van der Waals surface area contributed by atoms with Gasteiger partial charge in [-0.3, -0.25) is 9.10 Å². The van der Waals surface area contributed by atoms with Crippen molar-refractivity contribution in [2.24, 2.45) is 0 Å². The lowest BCUT2D eigenvalue weighted by Crippen LogP contribution is -2.28. The number of furan rings is 1. The number of nitrogens with zero attached hydrogens (tertiary/aromatic N) is 1. The van der Waals surface area contributed by atoms with Gasteiger partial charge in [0.25, 0.3) is 15.9 Å². The normalized spacial score (nSPS) is 11.2. The van der Waals surface area contributed by atoms with Crippen molar-refractivity contribution < 1.29 is 17.6 Å². The number of anilines is 1. The fourth-order valence-electron chi connectivity index (χ4n) is 3.05. The molecule has 0 unspecified atom stereocenters. The Morgan fingerprint density at radius 1 is 1.07 bits per heavy atom. The predicted molar refractivity (Wildman–Crippen MR) is 113 cm³/mol. The van der Waals surface area contributed by atoms with Gasteiger partial charge >= 0.3 is 0 Å². The summed E-state index contributed by atoms with van der Waals surface area (Å²) in [5.74, 6) is 0.703. The van der Waals surface area contributed by atoms with Gasteiger partial charge < -0.3 is 9.73 Å². The molecule has 0 aliphatic heterocycles. The van der Waals surface area contributed by atoms with E-state index in [1.54, 1.807) is 61.7 Å². The average Bonchev–Trinajstić information content (AvgIpc) is 3.24. The maximum absolute atomic E-state index is 12.8. The zero-order chi connectivity index (χ0) is 20.9. The Balaban J connectivity index is 1.65. The number of rotatable bonds is 8. The largest absolute Gasteiger partial charge is 0.469 e. The van der Waals surface area contributed by atoms with Gasteiger partial charge in [-0.15, -0.1) is 0 Å². The predicted octanol–water partition coefficient (Wildman–Crippen LogP) is 3.78. The molecule has 0 fully saturated rings. The van der Waals surface area contributed by atoms with E-state index in [9.17, 15) is 13.2 Å². The van der Waals surface area contributed by atoms with Gasteiger partial charge in [0, 0.05) is 25.6 Å². The zero-order valence-corrected chi connectivity index (χ0v) is 17.3. The van der Waals surface area contributed by atoms with Gasteiger partial charge in [-0.05, 0) is 61.4 Å². The van der Waals surface area contributed by atoms with Crippen molar-refractivity contribution in [1.29, 1.82) is 0 Å². The maximum Gasteiger partial charge on any atom is 0.264 e. The van der Waals surface area contributed by atoms with Gasteiger partial charge in [-0.2, -0.15) is 0 Å². The smallest absolute Gasteiger partial charge is 0.264 e. The van der Waals surface area contributed by atoms with E-state index in [4.69, 9.17) is 4.42 Å². The van der Waals surface area contributed by atoms with Crippen molar-refractivity contribution >= 4 is 21.6 Å². The molecular formula is C22H24N2O4S. The summed E-state index contributed by atoms with van der Waals surface area (Å²) in [6.45, 7) is 2.32. The lowest BCUT2D eigenvalue weighted by molar-refractivity contribution is 0.0953. The number of amides is 1. The molecule has 29 heavy (non-hydrogen) atoms. The molecule has 0 atom stereocenters. The number of benzene rings is 2. The minimum Gasteiger partial charge on any atom is -0.469 e. The van der Waals surface area contributed by atoms with E-state index in [1.165, 1.54) is 11.4 Å². The molecule has 152 valence electrons. The Kier molecular flexibility index (Phi) is 6.39. The molecule has 1 aromatic heterocycles. The van der Waals surface area contributed by atoms with Crippen LogP contribution in [0.25, 0.3) is 0 Å². The molecule has 1 heterocycles. The molecule has 0 spiro atoms. The highest BCUT2D eigenvalue weighted by Gasteiger charge is 2.22. The molecule has 0 radical (unpaired) electrons. The van der Waals surface area contributed by atoms with E-state index in [0.717, 1.165) is 18.6 Å². The van der Waals surface area contributed by atoms with Crippen LogP contribution in [0.1, 0.15) is 28.1 Å². The van der Waals surface area contributed by atoms with Gasteiger partial charge in [0.1, 0.15) is 5.76 Å². The van der Waals surface area contributed by atoms with Crippen molar-refractivity contribution in [2.75, 3.05) is 17.9 Å². The molecule has 1 N–H and O–H groups in total. The summed E-state index contributed by atoms with van der Waals surface area (Å²) in [5.41, 5.74) is 1.73. The van der Waals surface area contributed by atoms with Gasteiger partial charge in [0.05, 0.1) is 16.8 Å². The SMILES string of the molecule is Cc1cc(C(=O)NCCCc2ccco2)ccc1N(C)S(=O)(=O)c1ccccc1. The summed E-state index contributed by atoms with van der Waals surface area (Å²) in [6.07, 6.45) is 3.16. The highest BCUT2D eigenvalue weighted by molar-refractivity contribution is 7.92. The maximum atomic E-state index is 12.8. The van der Waals surface area contributed by atoms with Gasteiger partial charge in [0.2, 0.25) is 0 Å². The van der Waals surface area contributed by atoms with Crippen LogP contribution >= 0.6 is 0 Å². The second-order valence-corrected chi connectivity index (χ2v) is 8.69. The lowest BCUT2D eigenvalue weighted by Gasteiger charge is -2.22. The van der Waals surface area contributed by atoms with Gasteiger partial charge in [0.15, 0.2) is 0 Å². The van der Waals surface area contributed by atoms with Crippen LogP contribution < -0.4 is 9.62 Å². The van der Waals surface area contributed by atoms with E-state index in [0.29, 0.717) is 23.4 Å². The van der Waals surface area contributed by atoms with E-state index in [2.05, 4.69) is 5.32 Å². The number of carbonyl (C=O) groups excluding carboxylic acids is 1. The molecule has 6 nitrogen and oxygen atoms in total. The number of hydrogen-bond donors (Lipinski definition) is 1. The first-order valence-corrected chi connectivity index (χ1v) is 10.8. The van der Waals surface area contributed by atoms with Crippen molar-refractivity contribution in [3.63, 3.8) is 0 Å². The molecule has 3 rings (SSSR count). The molecule has 0 saturated heterocycles. The summed E-state index contributed by atoms with van der Waals surface area (Å²) < 4.78 is 32.1. The van der Waals surface area contributed by atoms with Crippen LogP contribution in [0.15, 0.2) is 76.2 Å². The standard InChI is InChI=1S/C22H24N2O4S/c1-17-16-18(22(25)23-14-6-8-19-9-7-15-28-19)12-13-21(17)24(2)29(26,27)20-10-4-3-5-11-20/h3-5,7,9-13,15-16H,6,8,14H2,1-2H3,(H,23,25). The summed E-state index contributed by atoms with van der Waals surface area (Å²) >= 11 is 0. The van der Waals surface area contributed by atoms with Crippen LogP contribution in [0.2, 0.25) is 0 Å². The number of nitrogens with one attached hydrogen (secondary N) is 1. The topological polar surface area (TPSA) is 79.6 Å². The summed E-state index contributed by atoms with van der Waals surface area (Å²) in [7, 11) is -2.15. The van der Waals surface area contributed by atoms with Crippen molar-refractivity contribution in [1.82, 2.24) is 5.32 Å². The molecule has 0 aliphatic rings. The second kappa shape index (κ2) is 8.96. The number of hydrogen-bond acceptors (Lipinski definition) is 4. The van der Waals surface area contributed by atoms with Crippen molar-refractivity contribution in [3.8, 4) is 0 Å². The molecular weight excluding hydrogens is 388 g/mol. The number of sulfonamides is 1. The summed E-state index contributed by atoms with van der Waals surface area (Å²) in [4.78, 5) is 12.6. The Morgan fingerprint density at radius 2 is 1.83 bits per heavy atom. The van der Waals surface area contributed by atoms with E-state index in [1.807, 2.05) is 12.1 Å². The summed E-state index contributed by atoms with van der Waals surface area (Å²) in [5, 5.41) is 2.88. The number of carbonyl (C=O) groups is 1. The molecule has 0 bridgehead atoms. The van der Waals surface area contributed by atoms with Crippen LogP contribution in [0.4, 0.5) is 5.69 Å². The zero-order valence-electron chi connectivity index (χ0n) is 16.5. The van der Waals surface area contributed by atoms with Crippen LogP contribution in [0, 0.1) is 6.92 Å². The molecule has 0 aliphatic carbocycles. The molecule has 2 aromatic carbocycles.